The van der Waals surface area contributed by atoms with E-state index in [1.54, 1.807) is 0 Å². The largest absolute Gasteiger partial charge is 0.449 e. The van der Waals surface area contributed by atoms with Crippen LogP contribution in [0.2, 0.25) is 0 Å². The zero-order valence-corrected chi connectivity index (χ0v) is 16.1. The van der Waals surface area contributed by atoms with Crippen molar-refractivity contribution < 1.29 is 23.5 Å². The Morgan fingerprint density at radius 2 is 1.76 bits per heavy atom. The highest BCUT2D eigenvalue weighted by molar-refractivity contribution is 5.96. The van der Waals surface area contributed by atoms with Crippen molar-refractivity contribution in [3.8, 4) is 0 Å². The number of amides is 1. The second-order valence-electron chi connectivity index (χ2n) is 6.60. The second kappa shape index (κ2) is 9.84. The molecule has 2 aromatic carbocycles. The summed E-state index contributed by atoms with van der Waals surface area (Å²) in [6.45, 7) is 4.59. The van der Waals surface area contributed by atoms with E-state index < -0.39 is 18.0 Å². The SMILES string of the molecule is C[C@@H](OC(=O)/C=C/c1ccc(F)cc1)C(=O)Nc1ccc(N2CCOCC2)cc1. The van der Waals surface area contributed by atoms with Gasteiger partial charge in [0.25, 0.3) is 5.91 Å². The molecule has 0 unspecified atom stereocenters. The molecule has 1 amide bonds. The Hall–Kier alpha value is -3.19. The van der Waals surface area contributed by atoms with Crippen LogP contribution in [0.25, 0.3) is 6.08 Å². The van der Waals surface area contributed by atoms with E-state index in [1.807, 2.05) is 24.3 Å². The fraction of sp³-hybridized carbons (Fsp3) is 0.273. The van der Waals surface area contributed by atoms with Crippen molar-refractivity contribution in [1.82, 2.24) is 0 Å². The average Bonchev–Trinajstić information content (AvgIpc) is 2.74. The van der Waals surface area contributed by atoms with Gasteiger partial charge in [-0.15, -0.1) is 0 Å². The van der Waals surface area contributed by atoms with E-state index in [4.69, 9.17) is 9.47 Å². The molecule has 2 aromatic rings. The van der Waals surface area contributed by atoms with Crippen molar-refractivity contribution in [2.75, 3.05) is 36.5 Å². The van der Waals surface area contributed by atoms with Crippen molar-refractivity contribution >= 4 is 29.3 Å². The molecule has 1 aliphatic rings. The van der Waals surface area contributed by atoms with Crippen LogP contribution >= 0.6 is 0 Å². The van der Waals surface area contributed by atoms with Crippen LogP contribution in [-0.4, -0.2) is 44.3 Å². The van der Waals surface area contributed by atoms with Gasteiger partial charge in [-0.3, -0.25) is 4.79 Å². The summed E-state index contributed by atoms with van der Waals surface area (Å²) in [7, 11) is 0. The van der Waals surface area contributed by atoms with E-state index in [9.17, 15) is 14.0 Å². The maximum Gasteiger partial charge on any atom is 0.331 e. The fourth-order valence-corrected chi connectivity index (χ4v) is 2.83. The highest BCUT2D eigenvalue weighted by Gasteiger charge is 2.17. The summed E-state index contributed by atoms with van der Waals surface area (Å²) in [5.74, 6) is -1.43. The van der Waals surface area contributed by atoms with Gasteiger partial charge in [0.2, 0.25) is 0 Å². The predicted molar refractivity (Wildman–Crippen MR) is 109 cm³/mol. The normalized spacial score (nSPS) is 15.2. The van der Waals surface area contributed by atoms with Gasteiger partial charge in [-0.2, -0.15) is 0 Å². The smallest absolute Gasteiger partial charge is 0.331 e. The molecule has 3 rings (SSSR count). The first kappa shape index (κ1) is 20.5. The first-order valence-corrected chi connectivity index (χ1v) is 9.39. The highest BCUT2D eigenvalue weighted by Crippen LogP contribution is 2.19. The van der Waals surface area contributed by atoms with Crippen LogP contribution in [-0.2, 0) is 19.1 Å². The number of nitrogens with zero attached hydrogens (tertiary/aromatic N) is 1. The average molecular weight is 398 g/mol. The number of hydrogen-bond donors (Lipinski definition) is 1. The Labute approximate surface area is 168 Å². The van der Waals surface area contributed by atoms with Crippen LogP contribution < -0.4 is 10.2 Å². The molecule has 7 heteroatoms. The van der Waals surface area contributed by atoms with Gasteiger partial charge in [-0.1, -0.05) is 12.1 Å². The summed E-state index contributed by atoms with van der Waals surface area (Å²) in [4.78, 5) is 26.4. The van der Waals surface area contributed by atoms with Crippen molar-refractivity contribution in [3.63, 3.8) is 0 Å². The molecule has 0 bridgehead atoms. The van der Waals surface area contributed by atoms with Gasteiger partial charge in [-0.25, -0.2) is 9.18 Å². The Morgan fingerprint density at radius 3 is 2.41 bits per heavy atom. The van der Waals surface area contributed by atoms with Crippen LogP contribution in [0.4, 0.5) is 15.8 Å². The zero-order valence-electron chi connectivity index (χ0n) is 16.1. The maximum absolute atomic E-state index is 12.9. The lowest BCUT2D eigenvalue weighted by atomic mass is 10.2. The molecule has 152 valence electrons. The van der Waals surface area contributed by atoms with Gasteiger partial charge >= 0.3 is 5.97 Å². The molecule has 1 heterocycles. The van der Waals surface area contributed by atoms with Gasteiger partial charge < -0.3 is 19.7 Å². The van der Waals surface area contributed by atoms with Crippen LogP contribution in [0.3, 0.4) is 0 Å². The summed E-state index contributed by atoms with van der Waals surface area (Å²) in [6.07, 6.45) is 1.74. The van der Waals surface area contributed by atoms with Crippen LogP contribution in [0, 0.1) is 5.82 Å². The van der Waals surface area contributed by atoms with E-state index in [-0.39, 0.29) is 5.82 Å². The summed E-state index contributed by atoms with van der Waals surface area (Å²) in [5, 5.41) is 2.73. The number of nitrogens with one attached hydrogen (secondary N) is 1. The Morgan fingerprint density at radius 1 is 1.10 bits per heavy atom. The predicted octanol–water partition coefficient (Wildman–Crippen LogP) is 3.25. The van der Waals surface area contributed by atoms with Crippen molar-refractivity contribution in [1.29, 1.82) is 0 Å². The van der Waals surface area contributed by atoms with E-state index >= 15 is 0 Å². The van der Waals surface area contributed by atoms with Gasteiger partial charge in [0, 0.05) is 30.5 Å². The third-order valence-electron chi connectivity index (χ3n) is 4.46. The molecule has 0 aliphatic carbocycles. The first-order chi connectivity index (χ1) is 14.0. The standard InChI is InChI=1S/C22H23FN2O4/c1-16(29-21(26)11-4-17-2-5-18(23)6-3-17)22(27)24-19-7-9-20(10-8-19)25-12-14-28-15-13-25/h2-11,16H,12-15H2,1H3,(H,24,27)/b11-4+/t16-/m1/s1. The lowest BCUT2D eigenvalue weighted by Gasteiger charge is -2.28. The van der Waals surface area contributed by atoms with E-state index in [0.717, 1.165) is 18.8 Å². The number of anilines is 2. The first-order valence-electron chi connectivity index (χ1n) is 9.39. The molecule has 1 aliphatic heterocycles. The maximum atomic E-state index is 12.9. The molecule has 6 nitrogen and oxygen atoms in total. The third kappa shape index (κ3) is 6.15. The molecule has 0 saturated carbocycles. The quantitative estimate of drug-likeness (QED) is 0.598. The molecular formula is C22H23FN2O4. The number of carbonyl (C=O) groups excluding carboxylic acids is 2. The molecule has 0 aromatic heterocycles. The van der Waals surface area contributed by atoms with Crippen molar-refractivity contribution in [3.05, 3.63) is 66.0 Å². The summed E-state index contributed by atoms with van der Waals surface area (Å²) >= 11 is 0. The molecule has 0 spiro atoms. The monoisotopic (exact) mass is 398 g/mol. The number of halogens is 1. The molecule has 0 radical (unpaired) electrons. The van der Waals surface area contributed by atoms with Crippen molar-refractivity contribution in [2.24, 2.45) is 0 Å². The van der Waals surface area contributed by atoms with E-state index in [2.05, 4.69) is 10.2 Å². The van der Waals surface area contributed by atoms with Crippen LogP contribution in [0.1, 0.15) is 12.5 Å². The van der Waals surface area contributed by atoms with Gasteiger partial charge in [0.05, 0.1) is 13.2 Å². The zero-order chi connectivity index (χ0) is 20.6. The Kier molecular flexibility index (Phi) is 6.97. The Bertz CT molecular complexity index is 859. The minimum atomic E-state index is -0.959. The summed E-state index contributed by atoms with van der Waals surface area (Å²) in [5.41, 5.74) is 2.34. The molecule has 1 fully saturated rings. The van der Waals surface area contributed by atoms with E-state index in [0.29, 0.717) is 24.5 Å². The fourth-order valence-electron chi connectivity index (χ4n) is 2.83. The highest BCUT2D eigenvalue weighted by atomic mass is 19.1. The molecular weight excluding hydrogens is 375 g/mol. The number of hydrogen-bond acceptors (Lipinski definition) is 5. The molecule has 29 heavy (non-hydrogen) atoms. The van der Waals surface area contributed by atoms with Crippen LogP contribution in [0.15, 0.2) is 54.6 Å². The molecule has 1 atom stereocenters. The van der Waals surface area contributed by atoms with Gasteiger partial charge in [0.1, 0.15) is 5.82 Å². The lowest BCUT2D eigenvalue weighted by molar-refractivity contribution is -0.148. The van der Waals surface area contributed by atoms with Crippen LogP contribution in [0.5, 0.6) is 0 Å². The third-order valence-corrected chi connectivity index (χ3v) is 4.46. The minimum Gasteiger partial charge on any atom is -0.449 e. The number of ether oxygens (including phenoxy) is 2. The topological polar surface area (TPSA) is 67.9 Å². The van der Waals surface area contributed by atoms with Crippen molar-refractivity contribution in [2.45, 2.75) is 13.0 Å². The summed E-state index contributed by atoms with van der Waals surface area (Å²) in [6, 6.07) is 13.2. The number of esters is 1. The minimum absolute atomic E-state index is 0.354. The Balaban J connectivity index is 1.49. The second-order valence-corrected chi connectivity index (χ2v) is 6.60. The number of carbonyl (C=O) groups is 2. The van der Waals surface area contributed by atoms with Gasteiger partial charge in [-0.05, 0) is 55.0 Å². The van der Waals surface area contributed by atoms with Gasteiger partial charge in [0.15, 0.2) is 6.10 Å². The lowest BCUT2D eigenvalue weighted by Crippen LogP contribution is -2.36. The summed E-state index contributed by atoms with van der Waals surface area (Å²) < 4.78 is 23.3. The number of rotatable bonds is 6. The number of benzene rings is 2. The number of morpholine rings is 1. The molecule has 1 N–H and O–H groups in total. The van der Waals surface area contributed by atoms with E-state index in [1.165, 1.54) is 43.3 Å². The molecule has 1 saturated heterocycles.